The molecule has 22 heavy (non-hydrogen) atoms. The number of hydrogen-bond acceptors (Lipinski definition) is 4. The van der Waals surface area contributed by atoms with Crippen molar-refractivity contribution in [1.82, 2.24) is 9.80 Å². The number of likely N-dealkylation sites (N-methyl/N-ethyl adjacent to an activating group) is 1. The number of anilines is 1. The molecule has 1 unspecified atom stereocenters. The lowest BCUT2D eigenvalue weighted by Gasteiger charge is -2.37. The van der Waals surface area contributed by atoms with E-state index in [2.05, 4.69) is 28.2 Å². The summed E-state index contributed by atoms with van der Waals surface area (Å²) < 4.78 is 0. The third-order valence-corrected chi connectivity index (χ3v) is 4.56. The van der Waals surface area contributed by atoms with Crippen LogP contribution in [0, 0.1) is 11.3 Å². The van der Waals surface area contributed by atoms with Crippen LogP contribution in [0.1, 0.15) is 25.3 Å². The maximum atomic E-state index is 12.5. The zero-order valence-corrected chi connectivity index (χ0v) is 13.5. The molecule has 0 radical (unpaired) electrons. The lowest BCUT2D eigenvalue weighted by molar-refractivity contribution is -0.121. The van der Waals surface area contributed by atoms with Crippen molar-refractivity contribution in [3.63, 3.8) is 0 Å². The molecule has 1 aromatic carbocycles. The molecule has 0 spiro atoms. The molecule has 1 atom stereocenters. The fourth-order valence-corrected chi connectivity index (χ4v) is 2.83. The average Bonchev–Trinajstić information content (AvgIpc) is 2.54. The molecule has 1 fully saturated rings. The van der Waals surface area contributed by atoms with Gasteiger partial charge in [-0.1, -0.05) is 12.1 Å². The smallest absolute Gasteiger partial charge is 0.241 e. The van der Waals surface area contributed by atoms with Crippen LogP contribution in [0.4, 0.5) is 5.69 Å². The predicted molar refractivity (Wildman–Crippen MR) is 87.5 cm³/mol. The van der Waals surface area contributed by atoms with Gasteiger partial charge in [-0.15, -0.1) is 0 Å². The lowest BCUT2D eigenvalue weighted by Crippen LogP contribution is -2.49. The van der Waals surface area contributed by atoms with Crippen LogP contribution in [0.15, 0.2) is 24.3 Å². The number of piperidine rings is 1. The highest BCUT2D eigenvalue weighted by Gasteiger charge is 2.27. The number of nitrogens with one attached hydrogen (secondary N) is 1. The molecule has 1 amide bonds. The average molecular weight is 300 g/mol. The van der Waals surface area contributed by atoms with Gasteiger partial charge < -0.3 is 10.2 Å². The number of likely N-dealkylation sites (tertiary alicyclic amines) is 1. The summed E-state index contributed by atoms with van der Waals surface area (Å²) in [5.74, 6) is -0.0656. The largest absolute Gasteiger partial charge is 0.324 e. The van der Waals surface area contributed by atoms with Gasteiger partial charge in [-0.3, -0.25) is 9.69 Å². The number of benzene rings is 1. The summed E-state index contributed by atoms with van der Waals surface area (Å²) in [6.45, 7) is 4.06. The van der Waals surface area contributed by atoms with Crippen LogP contribution < -0.4 is 5.32 Å². The Morgan fingerprint density at radius 1 is 1.41 bits per heavy atom. The van der Waals surface area contributed by atoms with E-state index in [1.807, 2.05) is 20.0 Å². The number of para-hydroxylation sites is 1. The summed E-state index contributed by atoms with van der Waals surface area (Å²) >= 11 is 0. The molecular weight excluding hydrogens is 276 g/mol. The number of nitrogens with zero attached hydrogens (tertiary/aromatic N) is 3. The maximum absolute atomic E-state index is 12.5. The van der Waals surface area contributed by atoms with Gasteiger partial charge in [0.25, 0.3) is 0 Å². The summed E-state index contributed by atoms with van der Waals surface area (Å²) in [6, 6.07) is 9.40. The van der Waals surface area contributed by atoms with Gasteiger partial charge in [0, 0.05) is 6.04 Å². The molecule has 1 aromatic rings. The fourth-order valence-electron chi connectivity index (χ4n) is 2.83. The van der Waals surface area contributed by atoms with Gasteiger partial charge in [-0.2, -0.15) is 5.26 Å². The normalized spacial score (nSPS) is 18.0. The van der Waals surface area contributed by atoms with E-state index in [-0.39, 0.29) is 11.9 Å². The van der Waals surface area contributed by atoms with Crippen molar-refractivity contribution in [1.29, 1.82) is 5.26 Å². The van der Waals surface area contributed by atoms with Gasteiger partial charge in [0.1, 0.15) is 6.07 Å². The SMILES string of the molecule is CC(C(=O)Nc1ccccc1C#N)N(C)C1CCN(C)CC1. The van der Waals surface area contributed by atoms with E-state index in [9.17, 15) is 4.79 Å². The standard InChI is InChI=1S/C17H24N4O/c1-13(21(3)15-8-10-20(2)11-9-15)17(22)19-16-7-5-4-6-14(16)12-18/h4-7,13,15H,8-11H2,1-3H3,(H,19,22). The van der Waals surface area contributed by atoms with Crippen LogP contribution in [0.5, 0.6) is 0 Å². The number of rotatable bonds is 4. The second kappa shape index (κ2) is 7.39. The Hall–Kier alpha value is -1.90. The van der Waals surface area contributed by atoms with Crippen LogP contribution >= 0.6 is 0 Å². The van der Waals surface area contributed by atoms with Gasteiger partial charge in [-0.25, -0.2) is 0 Å². The molecule has 5 nitrogen and oxygen atoms in total. The number of hydrogen-bond donors (Lipinski definition) is 1. The Balaban J connectivity index is 1.98. The third kappa shape index (κ3) is 3.85. The summed E-state index contributed by atoms with van der Waals surface area (Å²) in [5, 5.41) is 12.0. The van der Waals surface area contributed by atoms with Crippen molar-refractivity contribution in [3.05, 3.63) is 29.8 Å². The van der Waals surface area contributed by atoms with Crippen molar-refractivity contribution in [3.8, 4) is 6.07 Å². The highest BCUT2D eigenvalue weighted by Crippen LogP contribution is 2.18. The quantitative estimate of drug-likeness (QED) is 0.923. The van der Waals surface area contributed by atoms with E-state index in [0.717, 1.165) is 25.9 Å². The molecule has 1 aliphatic heterocycles. The first-order chi connectivity index (χ1) is 10.5. The highest BCUT2D eigenvalue weighted by molar-refractivity contribution is 5.95. The molecule has 1 N–H and O–H groups in total. The molecular formula is C17H24N4O. The summed E-state index contributed by atoms with van der Waals surface area (Å²) in [6.07, 6.45) is 2.17. The predicted octanol–water partition coefficient (Wildman–Crippen LogP) is 1.91. The minimum absolute atomic E-state index is 0.0656. The van der Waals surface area contributed by atoms with E-state index < -0.39 is 0 Å². The first-order valence-electron chi connectivity index (χ1n) is 7.73. The molecule has 1 aliphatic rings. The van der Waals surface area contributed by atoms with Crippen molar-refractivity contribution < 1.29 is 4.79 Å². The maximum Gasteiger partial charge on any atom is 0.241 e. The Labute approximate surface area is 132 Å². The van der Waals surface area contributed by atoms with E-state index in [4.69, 9.17) is 5.26 Å². The summed E-state index contributed by atoms with van der Waals surface area (Å²) in [4.78, 5) is 16.9. The van der Waals surface area contributed by atoms with Crippen LogP contribution in [0.3, 0.4) is 0 Å². The monoisotopic (exact) mass is 300 g/mol. The molecule has 1 saturated heterocycles. The van der Waals surface area contributed by atoms with Crippen molar-refractivity contribution in [2.45, 2.75) is 31.8 Å². The number of carbonyl (C=O) groups excluding carboxylic acids is 1. The van der Waals surface area contributed by atoms with Crippen LogP contribution in [0.2, 0.25) is 0 Å². The van der Waals surface area contributed by atoms with Crippen molar-refractivity contribution in [2.75, 3.05) is 32.5 Å². The third-order valence-electron chi connectivity index (χ3n) is 4.56. The second-order valence-corrected chi connectivity index (χ2v) is 6.02. The first kappa shape index (κ1) is 16.5. The first-order valence-corrected chi connectivity index (χ1v) is 7.73. The minimum Gasteiger partial charge on any atom is -0.324 e. The van der Waals surface area contributed by atoms with Crippen LogP contribution in [-0.4, -0.2) is 55.0 Å². The van der Waals surface area contributed by atoms with E-state index >= 15 is 0 Å². The zero-order chi connectivity index (χ0) is 16.1. The second-order valence-electron chi connectivity index (χ2n) is 6.02. The number of carbonyl (C=O) groups is 1. The lowest BCUT2D eigenvalue weighted by atomic mass is 10.0. The van der Waals surface area contributed by atoms with Crippen LogP contribution in [0.25, 0.3) is 0 Å². The molecule has 0 aliphatic carbocycles. The Kier molecular flexibility index (Phi) is 5.53. The molecule has 0 bridgehead atoms. The van der Waals surface area contributed by atoms with Gasteiger partial charge in [-0.05, 0) is 59.1 Å². The Morgan fingerprint density at radius 2 is 2.05 bits per heavy atom. The number of amides is 1. The molecule has 1 heterocycles. The number of nitriles is 1. The summed E-state index contributed by atoms with van der Waals surface area (Å²) in [7, 11) is 4.14. The van der Waals surface area contributed by atoms with Gasteiger partial charge in [0.15, 0.2) is 0 Å². The molecule has 0 aromatic heterocycles. The van der Waals surface area contributed by atoms with Crippen molar-refractivity contribution >= 4 is 11.6 Å². The zero-order valence-electron chi connectivity index (χ0n) is 13.5. The van der Waals surface area contributed by atoms with Gasteiger partial charge >= 0.3 is 0 Å². The van der Waals surface area contributed by atoms with E-state index in [1.165, 1.54) is 0 Å². The van der Waals surface area contributed by atoms with E-state index in [1.54, 1.807) is 18.2 Å². The van der Waals surface area contributed by atoms with Gasteiger partial charge in [0.2, 0.25) is 5.91 Å². The molecule has 2 rings (SSSR count). The van der Waals surface area contributed by atoms with Gasteiger partial charge in [0.05, 0.1) is 17.3 Å². The highest BCUT2D eigenvalue weighted by atomic mass is 16.2. The summed E-state index contributed by atoms with van der Waals surface area (Å²) in [5.41, 5.74) is 1.07. The topological polar surface area (TPSA) is 59.4 Å². The van der Waals surface area contributed by atoms with E-state index in [0.29, 0.717) is 17.3 Å². The van der Waals surface area contributed by atoms with Crippen molar-refractivity contribution in [2.24, 2.45) is 0 Å². The molecule has 0 saturated carbocycles. The Bertz CT molecular complexity index is 558. The molecule has 118 valence electrons. The Morgan fingerprint density at radius 3 is 2.68 bits per heavy atom. The van der Waals surface area contributed by atoms with Crippen LogP contribution in [-0.2, 0) is 4.79 Å². The fraction of sp³-hybridized carbons (Fsp3) is 0.529. The minimum atomic E-state index is -0.222. The molecule has 5 heteroatoms.